The number of carbonyl (C=O) groups is 4. The third-order valence-electron chi connectivity index (χ3n) is 23.6. The molecule has 30 nitrogen and oxygen atoms in total. The molecule has 4 amide bonds. The van der Waals surface area contributed by atoms with Gasteiger partial charge >= 0.3 is 6.01 Å². The second kappa shape index (κ2) is 35.4. The van der Waals surface area contributed by atoms with Crippen molar-refractivity contribution in [1.29, 1.82) is 0 Å². The van der Waals surface area contributed by atoms with Gasteiger partial charge in [0.1, 0.15) is 41.5 Å². The Morgan fingerprint density at radius 2 is 0.787 bits per heavy atom. The molecule has 0 spiro atoms. The number of halogens is 2. The normalized spacial score (nSPS) is 22.2. The number of para-hydroxylation sites is 1. The van der Waals surface area contributed by atoms with Crippen molar-refractivity contribution in [3.63, 3.8) is 0 Å². The van der Waals surface area contributed by atoms with E-state index in [0.29, 0.717) is 110 Å². The van der Waals surface area contributed by atoms with Gasteiger partial charge in [0.25, 0.3) is 30.1 Å². The summed E-state index contributed by atoms with van der Waals surface area (Å²) in [5.41, 5.74) is 10.1. The van der Waals surface area contributed by atoms with E-state index in [0.717, 1.165) is 117 Å². The third-order valence-corrected chi connectivity index (χ3v) is 23.6. The van der Waals surface area contributed by atoms with Crippen LogP contribution in [0.4, 0.5) is 8.78 Å². The van der Waals surface area contributed by atoms with Crippen molar-refractivity contribution < 1.29 is 52.0 Å². The maximum absolute atomic E-state index is 13.6. The van der Waals surface area contributed by atoms with Crippen molar-refractivity contribution in [3.05, 3.63) is 257 Å². The second-order valence-corrected chi connectivity index (χ2v) is 32.2. The van der Waals surface area contributed by atoms with Gasteiger partial charge in [-0.2, -0.15) is 15.0 Å². The molecule has 4 saturated carbocycles. The standard InChI is InChI=1S/C23H21F2N5O2.C23H24N6O2.C23H23N5O2.C21H21N5O3/c1-13-3-5-16(20(29-13)22-26-7-2-8-27-22)23(31)30-12-14-9-17(30)18(10-14)32-19-6-4-15(11-28-19)21(24)25;1-13-5-6-17(20(26-13)21-24-7-4-8-25-21)22(30)29-12-16-10-18(29)19(11-16)31-23-27-14(2)9-15(3)28-23;1-14-4-7-20(26-12-14)30-19-11-16-10-18(19)28(13-16)23(29)17-6-5-15(2)27-21(17)22-24-8-3-9-25-22;27-13-14-5-6-22-20(11-14)29-19-10-15-9-18(19)25(12-15)21(28)16-3-1-2-4-17(16)26-23-7-8-24-26/h2-8,11,14,17-18,21H,9-10,12H2,1H3;4-9,16,18-19H,10-12H2,1-3H3;3-9,12,16,18-19H,10-11,13H2,1-2H3;1-8,11,15,18-19,27H,9-10,12-13H2. The first kappa shape index (κ1) is 80.9. The molecule has 8 aliphatic rings. The minimum absolute atomic E-state index is 0.00530. The van der Waals surface area contributed by atoms with Gasteiger partial charge in [0.15, 0.2) is 17.5 Å². The molecule has 32 heteroatoms. The number of aliphatic hydroxyl groups is 1. The van der Waals surface area contributed by atoms with E-state index < -0.39 is 6.43 Å². The zero-order valence-corrected chi connectivity index (χ0v) is 68.0. The molecule has 622 valence electrons. The number of fused-ring (bicyclic) bond motifs is 8. The molecule has 12 atom stereocenters. The zero-order chi connectivity index (χ0) is 84.2. The number of ether oxygens (including phenoxy) is 4. The van der Waals surface area contributed by atoms with E-state index in [1.165, 1.54) is 16.9 Å². The van der Waals surface area contributed by atoms with E-state index in [2.05, 4.69) is 80.0 Å². The number of nitrogens with zero attached hydrogens (tertiary/aromatic N) is 21. The number of likely N-dealkylation sites (tertiary alicyclic amines) is 4. The molecule has 15 heterocycles. The van der Waals surface area contributed by atoms with Gasteiger partial charge in [-0.15, -0.1) is 0 Å². The van der Waals surface area contributed by atoms with Crippen LogP contribution in [0.2, 0.25) is 0 Å². The van der Waals surface area contributed by atoms with Gasteiger partial charge in [0.2, 0.25) is 17.6 Å². The highest BCUT2D eigenvalue weighted by Crippen LogP contribution is 2.46. The van der Waals surface area contributed by atoms with Crippen LogP contribution in [0.25, 0.3) is 40.2 Å². The smallest absolute Gasteiger partial charge is 0.317 e. The molecule has 4 saturated heterocycles. The van der Waals surface area contributed by atoms with Crippen molar-refractivity contribution in [2.24, 2.45) is 23.7 Å². The highest BCUT2D eigenvalue weighted by molar-refractivity contribution is 6.02. The summed E-state index contributed by atoms with van der Waals surface area (Å²) in [5, 5.41) is 17.7. The Bertz CT molecular complexity index is 5740. The molecule has 0 radical (unpaired) electrons. The number of benzene rings is 1. The number of aromatic nitrogens is 17. The van der Waals surface area contributed by atoms with Crippen molar-refractivity contribution in [2.75, 3.05) is 26.2 Å². The molecule has 4 aliphatic carbocycles. The molecule has 11 aromatic heterocycles. The first-order chi connectivity index (χ1) is 59.3. The van der Waals surface area contributed by atoms with E-state index in [4.69, 9.17) is 18.9 Å². The quantitative estimate of drug-likeness (QED) is 0.0833. The molecule has 8 fully saturated rings. The number of aliphatic hydroxyl groups excluding tert-OH is 1. The molecule has 1 N–H and O–H groups in total. The fraction of sp³-hybridized carbons (Fsp3) is 0.356. The van der Waals surface area contributed by atoms with Crippen LogP contribution in [0.1, 0.15) is 144 Å². The molecule has 1 aromatic carbocycles. The minimum atomic E-state index is -2.57. The summed E-state index contributed by atoms with van der Waals surface area (Å²) >= 11 is 0. The average molecular weight is 1650 g/mol. The van der Waals surface area contributed by atoms with Crippen molar-refractivity contribution in [2.45, 2.75) is 155 Å². The summed E-state index contributed by atoms with van der Waals surface area (Å²) in [6, 6.07) is 35.9. The predicted octanol–water partition coefficient (Wildman–Crippen LogP) is 11.9. The molecular weight excluding hydrogens is 1560 g/mol. The molecule has 122 heavy (non-hydrogen) atoms. The number of rotatable bonds is 18. The number of alkyl halides is 2. The summed E-state index contributed by atoms with van der Waals surface area (Å²) in [6.45, 7) is 14.3. The van der Waals surface area contributed by atoms with Crippen LogP contribution in [-0.2, 0) is 6.61 Å². The van der Waals surface area contributed by atoms with Gasteiger partial charge in [-0.05, 0) is 213 Å². The number of hydrogen-bond acceptors (Lipinski definition) is 25. The van der Waals surface area contributed by atoms with Gasteiger partial charge in [0.05, 0.1) is 71.1 Å². The number of amides is 4. The zero-order valence-electron chi connectivity index (χ0n) is 68.0. The lowest BCUT2D eigenvalue weighted by molar-refractivity contribution is 0.0451. The Morgan fingerprint density at radius 3 is 1.18 bits per heavy atom. The van der Waals surface area contributed by atoms with E-state index in [9.17, 15) is 33.1 Å². The Balaban J connectivity index is 0.000000116. The Kier molecular flexibility index (Phi) is 23.5. The van der Waals surface area contributed by atoms with Crippen LogP contribution >= 0.6 is 0 Å². The maximum Gasteiger partial charge on any atom is 0.317 e. The summed E-state index contributed by atoms with van der Waals surface area (Å²) in [6.07, 6.45) is 21.8. The molecule has 4 aliphatic heterocycles. The topological polar surface area (TPSA) is 350 Å². The fourth-order valence-corrected chi connectivity index (χ4v) is 18.1. The average Bonchev–Trinajstić information content (AvgIpc) is 1.62. The predicted molar refractivity (Wildman–Crippen MR) is 439 cm³/mol. The van der Waals surface area contributed by atoms with Crippen LogP contribution in [0.5, 0.6) is 23.7 Å². The largest absolute Gasteiger partial charge is 0.472 e. The highest BCUT2D eigenvalue weighted by atomic mass is 19.3. The lowest BCUT2D eigenvalue weighted by Crippen LogP contribution is -2.47. The van der Waals surface area contributed by atoms with E-state index in [1.54, 1.807) is 104 Å². The second-order valence-electron chi connectivity index (χ2n) is 32.2. The number of hydrogen-bond donors (Lipinski definition) is 1. The Labute approximate surface area is 701 Å². The van der Waals surface area contributed by atoms with Crippen molar-refractivity contribution in [3.8, 4) is 63.9 Å². The Morgan fingerprint density at radius 1 is 0.385 bits per heavy atom. The lowest BCUT2D eigenvalue weighted by atomic mass is 10.0. The van der Waals surface area contributed by atoms with Crippen LogP contribution in [0.15, 0.2) is 189 Å². The summed E-state index contributed by atoms with van der Waals surface area (Å²) in [4.78, 5) is 124. The molecule has 12 aromatic rings. The van der Waals surface area contributed by atoms with Gasteiger partial charge in [0, 0.05) is 134 Å². The maximum atomic E-state index is 13.6. The molecule has 12 unspecified atom stereocenters. The Hall–Kier alpha value is -13.5. The van der Waals surface area contributed by atoms with Gasteiger partial charge < -0.3 is 43.7 Å². The van der Waals surface area contributed by atoms with E-state index in [-0.39, 0.29) is 90.3 Å². The van der Waals surface area contributed by atoms with E-state index >= 15 is 0 Å². The number of aryl methyl sites for hydroxylation is 6. The van der Waals surface area contributed by atoms with Crippen LogP contribution < -0.4 is 18.9 Å². The summed E-state index contributed by atoms with van der Waals surface area (Å²) < 4.78 is 50.0. The van der Waals surface area contributed by atoms with Gasteiger partial charge in [-0.3, -0.25) is 19.2 Å². The molecule has 20 rings (SSSR count). The lowest BCUT2D eigenvalue weighted by Gasteiger charge is -2.33. The summed E-state index contributed by atoms with van der Waals surface area (Å²) in [5.74, 6) is 4.05. The number of carbonyl (C=O) groups excluding carboxylic acids is 4. The highest BCUT2D eigenvalue weighted by Gasteiger charge is 2.53. The van der Waals surface area contributed by atoms with Crippen LogP contribution in [0, 0.1) is 65.2 Å². The fourth-order valence-electron chi connectivity index (χ4n) is 18.1. The first-order valence-corrected chi connectivity index (χ1v) is 40.9. The minimum Gasteiger partial charge on any atom is -0.472 e. The summed E-state index contributed by atoms with van der Waals surface area (Å²) in [7, 11) is 0. The van der Waals surface area contributed by atoms with E-state index in [1.807, 2.05) is 128 Å². The third kappa shape index (κ3) is 17.6. The van der Waals surface area contributed by atoms with Crippen LogP contribution in [-0.4, -0.2) is 208 Å². The molecule has 8 bridgehead atoms. The van der Waals surface area contributed by atoms with Gasteiger partial charge in [-0.1, -0.05) is 18.2 Å². The van der Waals surface area contributed by atoms with Crippen molar-refractivity contribution >= 4 is 23.6 Å². The van der Waals surface area contributed by atoms with Gasteiger partial charge in [-0.25, -0.2) is 78.6 Å². The number of piperidine rings is 4. The number of pyridine rings is 6. The molecular formula is C90H89F2N21O9. The van der Waals surface area contributed by atoms with Crippen LogP contribution in [0.3, 0.4) is 0 Å². The first-order valence-electron chi connectivity index (χ1n) is 40.9. The van der Waals surface area contributed by atoms with Crippen molar-refractivity contribution in [1.82, 2.24) is 104 Å². The monoisotopic (exact) mass is 1650 g/mol. The SMILES string of the molecule is Cc1cc(C)nc(OC2CC3CC2N(C(=O)c2ccc(C)nc2-c2ncccn2)C3)n1.Cc1ccc(C(=O)N2CC3CC(Oc4ccc(C(F)F)cn4)C2C3)c(-c2ncccn2)n1.Cc1ccc(OC2CC3CC2N(C(=O)c2ccc(C)nc2-c2ncccn2)C3)nc1.O=C(c1ccccc1-n1nccn1)N1CC2CC(Oc3cc(CO)ccn3)C1C2.